The van der Waals surface area contributed by atoms with Gasteiger partial charge in [0.05, 0.1) is 0 Å². The summed E-state index contributed by atoms with van der Waals surface area (Å²) in [6.45, 7) is 1.79. The number of hydroxylamine groups is 2. The standard InChI is InChI=1S/C15H21N3O4/c1-11-6-4-2-3-5-7-12(11)17(16)10-15(21)22-18-13(19)8-9-14(18)20/h2-3H,4-10,16H2,1H3/b3-2+,12-11+. The molecule has 0 radical (unpaired) electrons. The maximum atomic E-state index is 11.9. The number of carbonyl (C=O) groups is 3. The summed E-state index contributed by atoms with van der Waals surface area (Å²) in [6.07, 6.45) is 7.83. The molecule has 0 unspecified atom stereocenters. The van der Waals surface area contributed by atoms with Gasteiger partial charge in [-0.15, -0.1) is 5.06 Å². The topological polar surface area (TPSA) is 92.9 Å². The van der Waals surface area contributed by atoms with Crippen molar-refractivity contribution in [3.8, 4) is 0 Å². The fourth-order valence-corrected chi connectivity index (χ4v) is 2.53. The Morgan fingerprint density at radius 3 is 2.41 bits per heavy atom. The minimum absolute atomic E-state index is 0.0784. The quantitative estimate of drug-likeness (QED) is 0.363. The van der Waals surface area contributed by atoms with Crippen molar-refractivity contribution in [1.29, 1.82) is 0 Å². The first-order chi connectivity index (χ1) is 10.5. The Kier molecular flexibility index (Phi) is 5.32. The number of nitrogens with two attached hydrogens (primary N) is 1. The molecule has 1 aliphatic carbocycles. The van der Waals surface area contributed by atoms with Crippen molar-refractivity contribution in [1.82, 2.24) is 10.1 Å². The maximum absolute atomic E-state index is 11.9. The summed E-state index contributed by atoms with van der Waals surface area (Å²) in [6, 6.07) is 0. The lowest BCUT2D eigenvalue weighted by atomic mass is 10.0. The van der Waals surface area contributed by atoms with Crippen LogP contribution in [0.15, 0.2) is 23.4 Å². The largest absolute Gasteiger partial charge is 0.353 e. The average Bonchev–Trinajstić information content (AvgIpc) is 2.75. The minimum atomic E-state index is -0.719. The summed E-state index contributed by atoms with van der Waals surface area (Å²) in [5.41, 5.74) is 2.04. The van der Waals surface area contributed by atoms with Gasteiger partial charge in [-0.05, 0) is 32.6 Å². The van der Waals surface area contributed by atoms with Gasteiger partial charge in [0.15, 0.2) is 0 Å². The molecule has 1 saturated heterocycles. The first kappa shape index (κ1) is 16.2. The molecule has 0 atom stereocenters. The van der Waals surface area contributed by atoms with Crippen molar-refractivity contribution in [2.45, 2.75) is 45.4 Å². The van der Waals surface area contributed by atoms with E-state index in [9.17, 15) is 14.4 Å². The molecule has 0 aromatic heterocycles. The van der Waals surface area contributed by atoms with E-state index in [0.717, 1.165) is 37.0 Å². The van der Waals surface area contributed by atoms with Crippen molar-refractivity contribution in [2.75, 3.05) is 6.54 Å². The van der Waals surface area contributed by atoms with E-state index in [4.69, 9.17) is 10.7 Å². The summed E-state index contributed by atoms with van der Waals surface area (Å²) in [7, 11) is 0. The molecule has 7 heteroatoms. The second-order valence-corrected chi connectivity index (χ2v) is 5.45. The fraction of sp³-hybridized carbons (Fsp3) is 0.533. The smallest absolute Gasteiger partial charge is 0.328 e. The molecule has 0 aromatic carbocycles. The molecule has 1 aliphatic heterocycles. The first-order valence-electron chi connectivity index (χ1n) is 7.41. The van der Waals surface area contributed by atoms with Gasteiger partial charge in [0.2, 0.25) is 0 Å². The molecule has 0 bridgehead atoms. The summed E-state index contributed by atoms with van der Waals surface area (Å²) in [4.78, 5) is 39.5. The van der Waals surface area contributed by atoms with E-state index in [1.807, 2.05) is 6.92 Å². The maximum Gasteiger partial charge on any atom is 0.353 e. The Hall–Kier alpha value is -2.15. The lowest BCUT2D eigenvalue weighted by Gasteiger charge is -2.25. The number of hydrogen-bond acceptors (Lipinski definition) is 6. The number of hydrazine groups is 1. The molecule has 2 rings (SSSR count). The van der Waals surface area contributed by atoms with Crippen molar-refractivity contribution in [3.05, 3.63) is 23.4 Å². The number of rotatable bonds is 4. The van der Waals surface area contributed by atoms with Crippen LogP contribution in [0.3, 0.4) is 0 Å². The summed E-state index contributed by atoms with van der Waals surface area (Å²) < 4.78 is 0. The molecule has 2 amide bonds. The van der Waals surface area contributed by atoms with Crippen LogP contribution in [0.25, 0.3) is 0 Å². The zero-order valence-electron chi connectivity index (χ0n) is 12.7. The van der Waals surface area contributed by atoms with Gasteiger partial charge < -0.3 is 9.85 Å². The monoisotopic (exact) mass is 307 g/mol. The van der Waals surface area contributed by atoms with Crippen LogP contribution in [-0.2, 0) is 19.2 Å². The van der Waals surface area contributed by atoms with Gasteiger partial charge in [-0.3, -0.25) is 9.59 Å². The van der Waals surface area contributed by atoms with Crippen molar-refractivity contribution in [2.24, 2.45) is 5.84 Å². The van der Waals surface area contributed by atoms with Gasteiger partial charge in [-0.2, -0.15) is 0 Å². The summed E-state index contributed by atoms with van der Waals surface area (Å²) in [5, 5.41) is 1.89. The van der Waals surface area contributed by atoms with Gasteiger partial charge in [-0.1, -0.05) is 17.7 Å². The van der Waals surface area contributed by atoms with Crippen LogP contribution < -0.4 is 5.84 Å². The summed E-state index contributed by atoms with van der Waals surface area (Å²) in [5.74, 6) is 4.26. The van der Waals surface area contributed by atoms with Crippen LogP contribution in [0.2, 0.25) is 0 Å². The predicted octanol–water partition coefficient (Wildman–Crippen LogP) is 1.17. The Labute approximate surface area is 129 Å². The Bertz CT molecular complexity index is 523. The van der Waals surface area contributed by atoms with Gasteiger partial charge in [0, 0.05) is 18.5 Å². The molecule has 0 aromatic rings. The minimum Gasteiger partial charge on any atom is -0.328 e. The van der Waals surface area contributed by atoms with Crippen LogP contribution in [-0.4, -0.2) is 34.4 Å². The predicted molar refractivity (Wildman–Crippen MR) is 78.4 cm³/mol. The fourth-order valence-electron chi connectivity index (χ4n) is 2.53. The van der Waals surface area contributed by atoms with Gasteiger partial charge >= 0.3 is 5.97 Å². The second kappa shape index (κ2) is 7.22. The molecule has 120 valence electrons. The molecular weight excluding hydrogens is 286 g/mol. The Morgan fingerprint density at radius 2 is 1.77 bits per heavy atom. The molecule has 22 heavy (non-hydrogen) atoms. The van der Waals surface area contributed by atoms with Crippen LogP contribution in [0.5, 0.6) is 0 Å². The third-order valence-electron chi connectivity index (χ3n) is 3.74. The number of amides is 2. The van der Waals surface area contributed by atoms with E-state index in [1.54, 1.807) is 0 Å². The van der Waals surface area contributed by atoms with E-state index < -0.39 is 17.8 Å². The molecule has 2 aliphatic rings. The first-order valence-corrected chi connectivity index (χ1v) is 7.41. The third-order valence-corrected chi connectivity index (χ3v) is 3.74. The molecular formula is C15H21N3O4. The highest BCUT2D eigenvalue weighted by Crippen LogP contribution is 2.21. The lowest BCUT2D eigenvalue weighted by Crippen LogP contribution is -2.40. The van der Waals surface area contributed by atoms with E-state index in [2.05, 4.69) is 12.2 Å². The van der Waals surface area contributed by atoms with E-state index in [0.29, 0.717) is 5.06 Å². The Balaban J connectivity index is 1.94. The van der Waals surface area contributed by atoms with Gasteiger partial charge in [0.25, 0.3) is 11.8 Å². The van der Waals surface area contributed by atoms with Crippen LogP contribution >= 0.6 is 0 Å². The van der Waals surface area contributed by atoms with E-state index in [-0.39, 0.29) is 19.4 Å². The van der Waals surface area contributed by atoms with E-state index in [1.165, 1.54) is 5.01 Å². The molecule has 0 spiro atoms. The molecule has 0 saturated carbocycles. The second-order valence-electron chi connectivity index (χ2n) is 5.45. The number of imide groups is 1. The lowest BCUT2D eigenvalue weighted by molar-refractivity contribution is -0.197. The SMILES string of the molecule is C/C1=C(\N(N)CC(=O)ON2C(=O)CCC2=O)CC/C=C/CC1. The third kappa shape index (κ3) is 3.94. The summed E-state index contributed by atoms with van der Waals surface area (Å²) >= 11 is 0. The number of carbonyl (C=O) groups excluding carboxylic acids is 3. The van der Waals surface area contributed by atoms with Crippen LogP contribution in [0, 0.1) is 0 Å². The zero-order chi connectivity index (χ0) is 16.1. The van der Waals surface area contributed by atoms with Crippen LogP contribution in [0.4, 0.5) is 0 Å². The molecule has 1 heterocycles. The van der Waals surface area contributed by atoms with Crippen molar-refractivity contribution < 1.29 is 19.2 Å². The average molecular weight is 307 g/mol. The van der Waals surface area contributed by atoms with Crippen molar-refractivity contribution >= 4 is 17.8 Å². The normalized spacial score (nSPS) is 24.0. The Morgan fingerprint density at radius 1 is 1.18 bits per heavy atom. The van der Waals surface area contributed by atoms with E-state index >= 15 is 0 Å². The highest BCUT2D eigenvalue weighted by Gasteiger charge is 2.33. The molecule has 1 fully saturated rings. The highest BCUT2D eigenvalue weighted by atomic mass is 16.7. The zero-order valence-corrected chi connectivity index (χ0v) is 12.7. The molecule has 7 nitrogen and oxygen atoms in total. The van der Waals surface area contributed by atoms with Gasteiger partial charge in [-0.25, -0.2) is 10.6 Å². The van der Waals surface area contributed by atoms with Gasteiger partial charge in [0.1, 0.15) is 6.54 Å². The molecule has 2 N–H and O–H groups in total. The number of nitrogens with zero attached hydrogens (tertiary/aromatic N) is 2. The number of hydrogen-bond donors (Lipinski definition) is 1. The van der Waals surface area contributed by atoms with Crippen LogP contribution in [0.1, 0.15) is 45.4 Å². The van der Waals surface area contributed by atoms with Crippen molar-refractivity contribution in [3.63, 3.8) is 0 Å². The number of allylic oxidation sites excluding steroid dienone is 4. The highest BCUT2D eigenvalue weighted by molar-refractivity contribution is 6.01.